The number of aromatic amines is 1. The summed E-state index contributed by atoms with van der Waals surface area (Å²) in [5.41, 5.74) is 3.52. The molecule has 25 heavy (non-hydrogen) atoms. The lowest BCUT2D eigenvalue weighted by molar-refractivity contribution is 0.686. The molecule has 2 aromatic heterocycles. The summed E-state index contributed by atoms with van der Waals surface area (Å²) in [4.78, 5) is 3.33. The fourth-order valence-electron chi connectivity index (χ4n) is 3.07. The number of benzene rings is 2. The highest BCUT2D eigenvalue weighted by Crippen LogP contribution is 2.36. The first-order valence-corrected chi connectivity index (χ1v) is 9.37. The molecule has 5 heteroatoms. The second kappa shape index (κ2) is 6.76. The summed E-state index contributed by atoms with van der Waals surface area (Å²) in [7, 11) is 0. The lowest BCUT2D eigenvalue weighted by Gasteiger charge is -2.12. The SMILES string of the molecule is CCn1c(S[C@@H](C)c2ccccc2)nnc1-c1c[nH]c2ccccc12. The third kappa shape index (κ3) is 2.96. The lowest BCUT2D eigenvalue weighted by Crippen LogP contribution is -2.00. The Morgan fingerprint density at radius 2 is 1.80 bits per heavy atom. The van der Waals surface area contributed by atoms with E-state index < -0.39 is 0 Å². The highest BCUT2D eigenvalue weighted by molar-refractivity contribution is 7.99. The number of H-pyrrole nitrogens is 1. The van der Waals surface area contributed by atoms with E-state index in [0.717, 1.165) is 28.6 Å². The summed E-state index contributed by atoms with van der Waals surface area (Å²) < 4.78 is 2.19. The van der Waals surface area contributed by atoms with Gasteiger partial charge in [0.1, 0.15) is 0 Å². The minimum atomic E-state index is 0.325. The monoisotopic (exact) mass is 348 g/mol. The van der Waals surface area contributed by atoms with Gasteiger partial charge in [-0.2, -0.15) is 0 Å². The van der Waals surface area contributed by atoms with Crippen LogP contribution in [0.2, 0.25) is 0 Å². The minimum Gasteiger partial charge on any atom is -0.360 e. The standard InChI is InChI=1S/C20H20N4S/c1-3-24-19(17-13-21-18-12-8-7-11-16(17)18)22-23-20(24)25-14(2)15-9-5-4-6-10-15/h4-14,21H,3H2,1-2H3/t14-/m0/s1. The molecule has 126 valence electrons. The summed E-state index contributed by atoms with van der Waals surface area (Å²) >= 11 is 1.75. The number of fused-ring (bicyclic) bond motifs is 1. The number of nitrogens with zero attached hydrogens (tertiary/aromatic N) is 3. The Labute approximate surface area is 151 Å². The van der Waals surface area contributed by atoms with Gasteiger partial charge in [-0.25, -0.2) is 0 Å². The van der Waals surface area contributed by atoms with E-state index in [1.54, 1.807) is 11.8 Å². The van der Waals surface area contributed by atoms with Gasteiger partial charge in [0.05, 0.1) is 0 Å². The van der Waals surface area contributed by atoms with Gasteiger partial charge in [0.15, 0.2) is 11.0 Å². The van der Waals surface area contributed by atoms with Crippen molar-refractivity contribution in [3.63, 3.8) is 0 Å². The molecule has 2 aromatic carbocycles. The summed E-state index contributed by atoms with van der Waals surface area (Å²) in [6.45, 7) is 5.19. The minimum absolute atomic E-state index is 0.325. The molecule has 0 amide bonds. The zero-order valence-electron chi connectivity index (χ0n) is 14.3. The van der Waals surface area contributed by atoms with Crippen LogP contribution in [0.1, 0.15) is 24.7 Å². The molecule has 2 heterocycles. The van der Waals surface area contributed by atoms with Crippen LogP contribution >= 0.6 is 11.8 Å². The Kier molecular flexibility index (Phi) is 4.32. The first-order valence-electron chi connectivity index (χ1n) is 8.49. The van der Waals surface area contributed by atoms with Crippen LogP contribution in [0.5, 0.6) is 0 Å². The molecule has 4 rings (SSSR count). The average Bonchev–Trinajstić information content (AvgIpc) is 3.25. The van der Waals surface area contributed by atoms with Crippen molar-refractivity contribution in [3.05, 3.63) is 66.4 Å². The summed E-state index contributed by atoms with van der Waals surface area (Å²) in [6, 6.07) is 18.8. The van der Waals surface area contributed by atoms with E-state index >= 15 is 0 Å². The fourth-order valence-corrected chi connectivity index (χ4v) is 4.11. The van der Waals surface area contributed by atoms with Gasteiger partial charge >= 0.3 is 0 Å². The molecule has 4 nitrogen and oxygen atoms in total. The van der Waals surface area contributed by atoms with Crippen LogP contribution in [0.4, 0.5) is 0 Å². The molecule has 0 radical (unpaired) electrons. The van der Waals surface area contributed by atoms with Gasteiger partial charge in [-0.1, -0.05) is 60.3 Å². The zero-order chi connectivity index (χ0) is 17.2. The molecule has 0 aliphatic carbocycles. The Balaban J connectivity index is 1.70. The van der Waals surface area contributed by atoms with Crippen molar-refractivity contribution >= 4 is 22.7 Å². The van der Waals surface area contributed by atoms with Crippen molar-refractivity contribution < 1.29 is 0 Å². The maximum Gasteiger partial charge on any atom is 0.192 e. The molecule has 0 saturated heterocycles. The maximum absolute atomic E-state index is 4.50. The number of hydrogen-bond acceptors (Lipinski definition) is 3. The van der Waals surface area contributed by atoms with Crippen molar-refractivity contribution in [2.45, 2.75) is 30.8 Å². The van der Waals surface area contributed by atoms with Crippen LogP contribution in [0.25, 0.3) is 22.3 Å². The summed E-state index contributed by atoms with van der Waals surface area (Å²) in [6.07, 6.45) is 2.02. The molecule has 0 saturated carbocycles. The second-order valence-electron chi connectivity index (χ2n) is 5.97. The van der Waals surface area contributed by atoms with E-state index in [2.05, 4.69) is 76.1 Å². The third-order valence-corrected chi connectivity index (χ3v) is 5.55. The normalized spacial score (nSPS) is 12.6. The smallest absolute Gasteiger partial charge is 0.192 e. The van der Waals surface area contributed by atoms with Crippen LogP contribution in [-0.4, -0.2) is 19.7 Å². The molecule has 0 bridgehead atoms. The van der Waals surface area contributed by atoms with E-state index in [9.17, 15) is 0 Å². The quantitative estimate of drug-likeness (QED) is 0.498. The molecule has 4 aromatic rings. The lowest BCUT2D eigenvalue weighted by atomic mass is 10.1. The van der Waals surface area contributed by atoms with Gasteiger partial charge in [-0.05, 0) is 25.5 Å². The third-order valence-electron chi connectivity index (χ3n) is 4.41. The van der Waals surface area contributed by atoms with Crippen molar-refractivity contribution in [1.82, 2.24) is 19.7 Å². The Bertz CT molecular complexity index is 987. The number of para-hydroxylation sites is 1. The molecule has 0 aliphatic heterocycles. The largest absolute Gasteiger partial charge is 0.360 e. The van der Waals surface area contributed by atoms with Gasteiger partial charge in [0.2, 0.25) is 0 Å². The topological polar surface area (TPSA) is 46.5 Å². The number of nitrogens with one attached hydrogen (secondary N) is 1. The van der Waals surface area contributed by atoms with Gasteiger partial charge in [0, 0.05) is 34.5 Å². The van der Waals surface area contributed by atoms with Crippen molar-refractivity contribution in [2.24, 2.45) is 0 Å². The van der Waals surface area contributed by atoms with Crippen LogP contribution in [-0.2, 0) is 6.54 Å². The summed E-state index contributed by atoms with van der Waals surface area (Å²) in [5.74, 6) is 0.919. The van der Waals surface area contributed by atoms with Gasteiger partial charge in [-0.3, -0.25) is 0 Å². The number of aromatic nitrogens is 4. The Hall–Kier alpha value is -2.53. The molecular weight excluding hydrogens is 328 g/mol. The Morgan fingerprint density at radius 1 is 1.04 bits per heavy atom. The number of hydrogen-bond donors (Lipinski definition) is 1. The van der Waals surface area contributed by atoms with Crippen molar-refractivity contribution in [3.8, 4) is 11.4 Å². The number of thioether (sulfide) groups is 1. The van der Waals surface area contributed by atoms with E-state index in [1.807, 2.05) is 18.3 Å². The van der Waals surface area contributed by atoms with E-state index in [1.165, 1.54) is 10.9 Å². The highest BCUT2D eigenvalue weighted by Gasteiger charge is 2.18. The summed E-state index contributed by atoms with van der Waals surface area (Å²) in [5, 5.41) is 11.4. The molecule has 1 atom stereocenters. The van der Waals surface area contributed by atoms with E-state index in [0.29, 0.717) is 5.25 Å². The van der Waals surface area contributed by atoms with Gasteiger partial charge < -0.3 is 9.55 Å². The van der Waals surface area contributed by atoms with Crippen molar-refractivity contribution in [1.29, 1.82) is 0 Å². The molecule has 0 aliphatic rings. The fraction of sp³-hybridized carbons (Fsp3) is 0.200. The predicted molar refractivity (Wildman–Crippen MR) is 104 cm³/mol. The van der Waals surface area contributed by atoms with Crippen LogP contribution in [0.15, 0.2) is 66.0 Å². The number of rotatable bonds is 5. The highest BCUT2D eigenvalue weighted by atomic mass is 32.2. The zero-order valence-corrected chi connectivity index (χ0v) is 15.1. The molecule has 0 fully saturated rings. The average molecular weight is 348 g/mol. The van der Waals surface area contributed by atoms with Crippen molar-refractivity contribution in [2.75, 3.05) is 0 Å². The van der Waals surface area contributed by atoms with Crippen LogP contribution < -0.4 is 0 Å². The first-order chi connectivity index (χ1) is 12.3. The molecular formula is C20H20N4S. The van der Waals surface area contributed by atoms with E-state index in [4.69, 9.17) is 0 Å². The van der Waals surface area contributed by atoms with Crippen LogP contribution in [0, 0.1) is 0 Å². The molecule has 1 N–H and O–H groups in total. The molecule has 0 spiro atoms. The molecule has 0 unspecified atom stereocenters. The van der Waals surface area contributed by atoms with Crippen LogP contribution in [0.3, 0.4) is 0 Å². The second-order valence-corrected chi connectivity index (χ2v) is 7.28. The van der Waals surface area contributed by atoms with E-state index in [-0.39, 0.29) is 0 Å². The first kappa shape index (κ1) is 16.0. The van der Waals surface area contributed by atoms with Gasteiger partial charge in [0.25, 0.3) is 0 Å². The maximum atomic E-state index is 4.50. The van der Waals surface area contributed by atoms with Gasteiger partial charge in [-0.15, -0.1) is 10.2 Å². The Morgan fingerprint density at radius 3 is 2.60 bits per heavy atom. The predicted octanol–water partition coefficient (Wildman–Crippen LogP) is 5.30.